The summed E-state index contributed by atoms with van der Waals surface area (Å²) in [5.41, 5.74) is 0. The number of hydrogen-bond acceptors (Lipinski definition) is 0. The van der Waals surface area contributed by atoms with E-state index in [1.165, 1.54) is 12.8 Å². The summed E-state index contributed by atoms with van der Waals surface area (Å²) >= 11 is 0. The summed E-state index contributed by atoms with van der Waals surface area (Å²) in [5.74, 6) is 0. The van der Waals surface area contributed by atoms with Crippen molar-refractivity contribution in [3.63, 3.8) is 0 Å². The second-order valence-electron chi connectivity index (χ2n) is 1.57. The van der Waals surface area contributed by atoms with Gasteiger partial charge < -0.3 is 0 Å². The standard InChI is InChI=1S/C4H10.C2H5B2.BH/c2*1-3-4-2;/h3-4H2,1-2H3;1H2,2H3;1H/i;;1D. The van der Waals surface area contributed by atoms with Crippen LogP contribution in [0.5, 0.6) is 0 Å². The zero-order valence-electron chi connectivity index (χ0n) is 7.85. The van der Waals surface area contributed by atoms with Gasteiger partial charge in [-0.2, -0.15) is 0 Å². The van der Waals surface area contributed by atoms with Crippen LogP contribution >= 0.6 is 0 Å². The van der Waals surface area contributed by atoms with Crippen molar-refractivity contribution in [2.75, 3.05) is 0 Å². The van der Waals surface area contributed by atoms with Crippen molar-refractivity contribution in [2.45, 2.75) is 33.5 Å². The molecule has 0 unspecified atom stereocenters. The molecule has 0 N–H and O–H groups in total. The molecule has 0 aromatic carbocycles. The summed E-state index contributed by atoms with van der Waals surface area (Å²) in [6.07, 6.45) is 2.64. The third-order valence-electron chi connectivity index (χ3n) is 0.736. The van der Waals surface area contributed by atoms with Crippen molar-refractivity contribution in [3.05, 3.63) is 0 Å². The van der Waals surface area contributed by atoms with Crippen LogP contribution in [0.4, 0.5) is 0 Å². The van der Waals surface area contributed by atoms with Crippen molar-refractivity contribution in [2.24, 2.45) is 0 Å². The normalized spacial score (nSPS) is 5.89. The van der Waals surface area contributed by atoms with Gasteiger partial charge in [-0.1, -0.05) is 26.7 Å². The van der Waals surface area contributed by atoms with E-state index in [9.17, 15) is 0 Å². The Bertz CT molecular complexity index is 40.0. The molecule has 49 valence electrons. The monoisotopic (exact) mass is 122 g/mol. The predicted octanol–water partition coefficient (Wildman–Crippen LogP) is 0.948. The average Bonchev–Trinajstić information content (AvgIpc) is 2.08. The largest absolute Gasteiger partial charge is 0.0654 e. The molecular weight excluding hydrogens is 105 g/mol. The molecule has 0 aromatic rings. The topological polar surface area (TPSA) is 0 Å². The van der Waals surface area contributed by atoms with E-state index >= 15 is 0 Å². The minimum Gasteiger partial charge on any atom is -0.0654 e. The van der Waals surface area contributed by atoms with E-state index in [-0.39, 0.29) is 0 Å². The SMILES string of the molecule is C=B[B]C.CCCC.[2H][B]. The van der Waals surface area contributed by atoms with Crippen molar-refractivity contribution in [3.8, 4) is 0 Å². The third-order valence-corrected chi connectivity index (χ3v) is 0.736. The molecule has 0 aliphatic carbocycles. The van der Waals surface area contributed by atoms with E-state index in [2.05, 4.69) is 28.7 Å². The quantitative estimate of drug-likeness (QED) is 0.478. The zero-order valence-corrected chi connectivity index (χ0v) is 6.85. The number of hydrogen-bond donors (Lipinski definition) is 0. The summed E-state index contributed by atoms with van der Waals surface area (Å²) in [7, 11) is 5.64. The first-order chi connectivity index (χ1) is 4.83. The van der Waals surface area contributed by atoms with Gasteiger partial charge >= 0.3 is 27.3 Å². The Hall–Kier alpha value is 0.0648. The fourth-order valence-electron chi connectivity index (χ4n) is 0. The van der Waals surface area contributed by atoms with Crippen molar-refractivity contribution >= 4 is 28.8 Å². The van der Waals surface area contributed by atoms with E-state index in [1.54, 1.807) is 6.81 Å². The van der Waals surface area contributed by atoms with Crippen molar-refractivity contribution < 1.29 is 0 Å². The van der Waals surface area contributed by atoms with Gasteiger partial charge in [-0.3, -0.25) is 0 Å². The molecule has 3 radical (unpaired) electrons. The molecule has 3 heteroatoms. The average molecular weight is 122 g/mol. The summed E-state index contributed by atoms with van der Waals surface area (Å²) in [5, 5.41) is 0. The molecule has 0 rings (SSSR count). The maximum atomic E-state index is 5.25. The van der Waals surface area contributed by atoms with Crippen LogP contribution in [-0.2, 0) is 0 Å². The van der Waals surface area contributed by atoms with Crippen LogP contribution < -0.4 is 0 Å². The van der Waals surface area contributed by atoms with Gasteiger partial charge in [-0.15, -0.1) is 0 Å². The molecule has 0 bridgehead atoms. The van der Waals surface area contributed by atoms with Crippen LogP contribution in [0.2, 0.25) is 6.82 Å². The molecule has 0 fully saturated rings. The van der Waals surface area contributed by atoms with Crippen LogP contribution in [0, 0.1) is 0 Å². The first-order valence-corrected chi connectivity index (χ1v) is 3.23. The minimum atomic E-state index is 1.32. The van der Waals surface area contributed by atoms with E-state index in [1.807, 2.05) is 14.0 Å². The molecule has 0 atom stereocenters. The molecule has 0 spiro atoms. The molecule has 0 nitrogen and oxygen atoms in total. The Balaban J connectivity index is -0.0000000787. The molecular formula is C6H16B3. The fourth-order valence-corrected chi connectivity index (χ4v) is 0. The van der Waals surface area contributed by atoms with Crippen molar-refractivity contribution in [1.82, 2.24) is 0 Å². The van der Waals surface area contributed by atoms with Crippen LogP contribution in [0.25, 0.3) is 0 Å². The molecule has 0 saturated carbocycles. The molecule has 0 saturated heterocycles. The summed E-state index contributed by atoms with van der Waals surface area (Å²) in [4.78, 5) is 0. The van der Waals surface area contributed by atoms with Crippen LogP contribution in [-0.4, -0.2) is 30.2 Å². The van der Waals surface area contributed by atoms with Gasteiger partial charge in [0.2, 0.25) is 0 Å². The number of unbranched alkanes of at least 4 members (excludes halogenated alkanes) is 1. The molecule has 9 heavy (non-hydrogen) atoms. The first kappa shape index (κ1) is 11.8. The maximum absolute atomic E-state index is 5.25. The van der Waals surface area contributed by atoms with E-state index in [0.29, 0.717) is 0 Å². The smallest absolute Gasteiger partial charge is 0.0379 e. The summed E-state index contributed by atoms with van der Waals surface area (Å²) in [6, 6.07) is 0. The van der Waals surface area contributed by atoms with Crippen molar-refractivity contribution in [1.29, 1.82) is 1.34 Å². The summed E-state index contributed by atoms with van der Waals surface area (Å²) in [6.45, 7) is 11.5. The summed E-state index contributed by atoms with van der Waals surface area (Å²) < 4.78 is 5.25. The van der Waals surface area contributed by atoms with Gasteiger partial charge in [-0.25, -0.2) is 0 Å². The second-order valence-corrected chi connectivity index (χ2v) is 1.57. The maximum Gasteiger partial charge on any atom is 0.0379 e. The Morgan fingerprint density at radius 1 is 1.44 bits per heavy atom. The molecule has 0 amide bonds. The van der Waals surface area contributed by atoms with E-state index in [4.69, 9.17) is 1.34 Å². The van der Waals surface area contributed by atoms with Gasteiger partial charge in [0.05, 0.1) is 0 Å². The molecule has 0 aliphatic heterocycles. The van der Waals surface area contributed by atoms with Gasteiger partial charge in [0.1, 0.15) is 0 Å². The Kier molecular flexibility index (Phi) is 32.0. The predicted molar refractivity (Wildman–Crippen MR) is 52.2 cm³/mol. The Labute approximate surface area is 64.5 Å². The Morgan fingerprint density at radius 3 is 1.67 bits per heavy atom. The zero-order chi connectivity index (χ0) is 8.83. The van der Waals surface area contributed by atoms with Gasteiger partial charge in [-0.05, 0) is 1.34 Å². The molecule has 0 aromatic heterocycles. The fraction of sp³-hybridized carbons (Fsp3) is 0.833. The van der Waals surface area contributed by atoms with E-state index in [0.717, 1.165) is 0 Å². The van der Waals surface area contributed by atoms with Gasteiger partial charge in [0.15, 0.2) is 0 Å². The number of rotatable bonds is 2. The van der Waals surface area contributed by atoms with Gasteiger partial charge in [0, 0.05) is 8.38 Å². The third kappa shape index (κ3) is 69.6. The second kappa shape index (κ2) is 24.4. The molecule has 0 aliphatic rings. The Morgan fingerprint density at radius 2 is 1.67 bits per heavy atom. The van der Waals surface area contributed by atoms with Crippen LogP contribution in [0.15, 0.2) is 0 Å². The van der Waals surface area contributed by atoms with E-state index < -0.39 is 0 Å². The minimum absolute atomic E-state index is 1.32. The van der Waals surface area contributed by atoms with Crippen LogP contribution in [0.3, 0.4) is 0 Å². The first-order valence-electron chi connectivity index (χ1n) is 3.81. The molecule has 0 heterocycles. The van der Waals surface area contributed by atoms with Gasteiger partial charge in [0.25, 0.3) is 0 Å². The van der Waals surface area contributed by atoms with Crippen LogP contribution in [0.1, 0.15) is 26.7 Å².